The predicted molar refractivity (Wildman–Crippen MR) is 143 cm³/mol. The van der Waals surface area contributed by atoms with Gasteiger partial charge in [-0.2, -0.15) is 4.98 Å². The van der Waals surface area contributed by atoms with Gasteiger partial charge in [0.25, 0.3) is 0 Å². The van der Waals surface area contributed by atoms with E-state index in [1.165, 1.54) is 5.56 Å². The maximum Gasteiger partial charge on any atom is 0.224 e. The summed E-state index contributed by atoms with van der Waals surface area (Å²) in [5.74, 6) is 2.82. The minimum absolute atomic E-state index is 0.202. The standard InChI is InChI=1S/C28H33N7/c1-21(2)29-17-14-24(20-22-10-6-4-7-11-22)32-28-31-19-16-26(34-28)35(3)25-15-18-30-27(33-25)23-12-8-5-9-13-23/h4-13,15-16,18-19,21,24,29H,14,17,20H2,1-3H3,(H,31,32,34)/t24-/m0/s1. The average Bonchev–Trinajstić information content (AvgIpc) is 2.89. The molecule has 1 atom stereocenters. The van der Waals surface area contributed by atoms with Gasteiger partial charge >= 0.3 is 0 Å². The van der Waals surface area contributed by atoms with E-state index < -0.39 is 0 Å². The number of hydrogen-bond donors (Lipinski definition) is 2. The van der Waals surface area contributed by atoms with Crippen molar-refractivity contribution < 1.29 is 0 Å². The fraction of sp³-hybridized carbons (Fsp3) is 0.286. The molecule has 0 spiro atoms. The van der Waals surface area contributed by atoms with E-state index in [2.05, 4.69) is 58.7 Å². The summed E-state index contributed by atoms with van der Waals surface area (Å²) in [6.07, 6.45) is 5.42. The summed E-state index contributed by atoms with van der Waals surface area (Å²) in [6.45, 7) is 5.25. The van der Waals surface area contributed by atoms with Gasteiger partial charge in [0.15, 0.2) is 5.82 Å². The molecule has 7 heteroatoms. The van der Waals surface area contributed by atoms with Crippen LogP contribution in [-0.2, 0) is 6.42 Å². The Morgan fingerprint density at radius 2 is 1.46 bits per heavy atom. The highest BCUT2D eigenvalue weighted by molar-refractivity contribution is 5.61. The Morgan fingerprint density at radius 1 is 0.800 bits per heavy atom. The van der Waals surface area contributed by atoms with Gasteiger partial charge in [-0.3, -0.25) is 0 Å². The molecule has 2 aromatic heterocycles. The lowest BCUT2D eigenvalue weighted by Gasteiger charge is -2.22. The molecule has 0 amide bonds. The molecule has 0 unspecified atom stereocenters. The Labute approximate surface area is 207 Å². The monoisotopic (exact) mass is 467 g/mol. The van der Waals surface area contributed by atoms with Crippen molar-refractivity contribution in [3.8, 4) is 11.4 Å². The minimum atomic E-state index is 0.202. The summed E-state index contributed by atoms with van der Waals surface area (Å²) in [6, 6.07) is 24.9. The van der Waals surface area contributed by atoms with Crippen LogP contribution < -0.4 is 15.5 Å². The lowest BCUT2D eigenvalue weighted by atomic mass is 10.0. The maximum absolute atomic E-state index is 4.80. The van der Waals surface area contributed by atoms with Crippen LogP contribution in [0.1, 0.15) is 25.8 Å². The van der Waals surface area contributed by atoms with Crippen LogP contribution in [-0.4, -0.2) is 45.6 Å². The van der Waals surface area contributed by atoms with Crippen molar-refractivity contribution in [1.82, 2.24) is 25.3 Å². The van der Waals surface area contributed by atoms with E-state index in [-0.39, 0.29) is 6.04 Å². The summed E-state index contributed by atoms with van der Waals surface area (Å²) in [4.78, 5) is 20.4. The maximum atomic E-state index is 4.80. The minimum Gasteiger partial charge on any atom is -0.351 e. The molecular formula is C28H33N7. The van der Waals surface area contributed by atoms with Crippen LogP contribution in [0.4, 0.5) is 17.6 Å². The Hall–Kier alpha value is -3.84. The average molecular weight is 468 g/mol. The number of nitrogens with zero attached hydrogens (tertiary/aromatic N) is 5. The highest BCUT2D eigenvalue weighted by Crippen LogP contribution is 2.23. The molecule has 0 aliphatic rings. The smallest absolute Gasteiger partial charge is 0.224 e. The molecule has 2 heterocycles. The van der Waals surface area contributed by atoms with Crippen molar-refractivity contribution >= 4 is 17.6 Å². The lowest BCUT2D eigenvalue weighted by molar-refractivity contribution is 0.534. The highest BCUT2D eigenvalue weighted by atomic mass is 15.3. The number of rotatable bonds is 11. The van der Waals surface area contributed by atoms with E-state index >= 15 is 0 Å². The first-order chi connectivity index (χ1) is 17.1. The number of anilines is 3. The molecule has 0 saturated carbocycles. The molecule has 0 saturated heterocycles. The van der Waals surface area contributed by atoms with Crippen molar-refractivity contribution in [3.05, 3.63) is 90.8 Å². The van der Waals surface area contributed by atoms with Crippen molar-refractivity contribution in [1.29, 1.82) is 0 Å². The van der Waals surface area contributed by atoms with Crippen molar-refractivity contribution in [2.75, 3.05) is 23.8 Å². The number of benzene rings is 2. The van der Waals surface area contributed by atoms with Gasteiger partial charge in [-0.15, -0.1) is 0 Å². The van der Waals surface area contributed by atoms with Crippen LogP contribution >= 0.6 is 0 Å². The van der Waals surface area contributed by atoms with Gasteiger partial charge in [0.2, 0.25) is 5.95 Å². The molecule has 2 N–H and O–H groups in total. The van der Waals surface area contributed by atoms with Gasteiger partial charge in [0.05, 0.1) is 0 Å². The van der Waals surface area contributed by atoms with Crippen LogP contribution in [0, 0.1) is 0 Å². The first-order valence-electron chi connectivity index (χ1n) is 12.1. The highest BCUT2D eigenvalue weighted by Gasteiger charge is 2.14. The largest absolute Gasteiger partial charge is 0.351 e. The molecule has 4 rings (SSSR count). The van der Waals surface area contributed by atoms with Crippen molar-refractivity contribution in [3.63, 3.8) is 0 Å². The summed E-state index contributed by atoms with van der Waals surface area (Å²) < 4.78 is 0. The van der Waals surface area contributed by atoms with E-state index in [1.807, 2.05) is 60.5 Å². The van der Waals surface area contributed by atoms with Crippen LogP contribution in [0.3, 0.4) is 0 Å². The molecule has 7 nitrogen and oxygen atoms in total. The molecule has 4 aromatic rings. The van der Waals surface area contributed by atoms with E-state index in [9.17, 15) is 0 Å². The Bertz CT molecular complexity index is 1180. The van der Waals surface area contributed by atoms with E-state index in [4.69, 9.17) is 9.97 Å². The molecule has 180 valence electrons. The van der Waals surface area contributed by atoms with E-state index in [0.717, 1.165) is 36.6 Å². The first-order valence-corrected chi connectivity index (χ1v) is 12.1. The van der Waals surface area contributed by atoms with Gasteiger partial charge in [-0.1, -0.05) is 74.5 Å². The topological polar surface area (TPSA) is 78.9 Å². The van der Waals surface area contributed by atoms with Gasteiger partial charge in [0.1, 0.15) is 11.6 Å². The summed E-state index contributed by atoms with van der Waals surface area (Å²) in [5, 5.41) is 7.08. The van der Waals surface area contributed by atoms with Gasteiger partial charge in [-0.25, -0.2) is 15.0 Å². The summed E-state index contributed by atoms with van der Waals surface area (Å²) in [7, 11) is 1.96. The van der Waals surface area contributed by atoms with Crippen LogP contribution in [0.25, 0.3) is 11.4 Å². The molecule has 2 aromatic carbocycles. The van der Waals surface area contributed by atoms with Gasteiger partial charge in [-0.05, 0) is 37.1 Å². The SMILES string of the molecule is CC(C)NCC[C@@H](Cc1ccccc1)Nc1nccc(N(C)c2ccnc(-c3ccccc3)n2)n1. The second kappa shape index (κ2) is 12.0. The second-order valence-electron chi connectivity index (χ2n) is 8.83. The third-order valence-corrected chi connectivity index (χ3v) is 5.70. The van der Waals surface area contributed by atoms with Crippen molar-refractivity contribution in [2.24, 2.45) is 0 Å². The fourth-order valence-corrected chi connectivity index (χ4v) is 3.84. The first kappa shape index (κ1) is 24.3. The molecule has 0 aliphatic heterocycles. The van der Waals surface area contributed by atoms with E-state index in [1.54, 1.807) is 12.4 Å². The zero-order chi connectivity index (χ0) is 24.5. The number of aromatic nitrogens is 4. The third kappa shape index (κ3) is 7.07. The normalized spacial score (nSPS) is 11.9. The summed E-state index contributed by atoms with van der Waals surface area (Å²) >= 11 is 0. The van der Waals surface area contributed by atoms with Gasteiger partial charge in [0, 0.05) is 37.1 Å². The lowest BCUT2D eigenvalue weighted by Crippen LogP contribution is -2.31. The zero-order valence-electron chi connectivity index (χ0n) is 20.6. The third-order valence-electron chi connectivity index (χ3n) is 5.70. The second-order valence-corrected chi connectivity index (χ2v) is 8.83. The number of hydrogen-bond acceptors (Lipinski definition) is 7. The Balaban J connectivity index is 1.50. The predicted octanol–water partition coefficient (Wildman–Crippen LogP) is 5.11. The van der Waals surface area contributed by atoms with Crippen LogP contribution in [0.5, 0.6) is 0 Å². The Kier molecular flexibility index (Phi) is 8.35. The fourth-order valence-electron chi connectivity index (χ4n) is 3.84. The van der Waals surface area contributed by atoms with E-state index in [0.29, 0.717) is 17.8 Å². The zero-order valence-corrected chi connectivity index (χ0v) is 20.6. The quantitative estimate of drug-likeness (QED) is 0.317. The molecule has 0 aliphatic carbocycles. The molecule has 0 bridgehead atoms. The molecule has 35 heavy (non-hydrogen) atoms. The van der Waals surface area contributed by atoms with Gasteiger partial charge < -0.3 is 15.5 Å². The molecule has 0 radical (unpaired) electrons. The summed E-state index contributed by atoms with van der Waals surface area (Å²) in [5.41, 5.74) is 2.27. The number of nitrogens with one attached hydrogen (secondary N) is 2. The van der Waals surface area contributed by atoms with Crippen LogP contribution in [0.2, 0.25) is 0 Å². The molecule has 0 fully saturated rings. The molecular weight excluding hydrogens is 434 g/mol. The Morgan fingerprint density at radius 3 is 2.17 bits per heavy atom. The van der Waals surface area contributed by atoms with Crippen LogP contribution in [0.15, 0.2) is 85.2 Å². The van der Waals surface area contributed by atoms with Crippen molar-refractivity contribution in [2.45, 2.75) is 38.8 Å².